The maximum Gasteiger partial charge on any atom is 0.297 e. The highest BCUT2D eigenvalue weighted by Crippen LogP contribution is 2.39. The summed E-state index contributed by atoms with van der Waals surface area (Å²) in [7, 11) is 1.54. The molecule has 0 N–H and O–H groups in total. The summed E-state index contributed by atoms with van der Waals surface area (Å²) in [6, 6.07) is 3.40. The number of halogens is 2. The fourth-order valence-electron chi connectivity index (χ4n) is 4.09. The maximum atomic E-state index is 13.4. The normalized spacial score (nSPS) is 24.9. The van der Waals surface area contributed by atoms with E-state index in [1.165, 1.54) is 32.9 Å². The minimum Gasteiger partial charge on any atom is -0.337 e. The highest BCUT2D eigenvalue weighted by atomic mass is 35.5. The third kappa shape index (κ3) is 2.55. The lowest BCUT2D eigenvalue weighted by Gasteiger charge is -2.39. The molecule has 3 heterocycles. The van der Waals surface area contributed by atoms with Crippen LogP contribution in [0.1, 0.15) is 18.9 Å². The number of hydrogen-bond acceptors (Lipinski definition) is 4. The van der Waals surface area contributed by atoms with Crippen molar-refractivity contribution in [2.24, 2.45) is 5.92 Å². The van der Waals surface area contributed by atoms with Crippen LogP contribution in [0.15, 0.2) is 29.6 Å². The van der Waals surface area contributed by atoms with Gasteiger partial charge in [0.2, 0.25) is 11.7 Å². The summed E-state index contributed by atoms with van der Waals surface area (Å²) in [5, 5.41) is -0.0515. The van der Waals surface area contributed by atoms with E-state index in [9.17, 15) is 23.6 Å². The van der Waals surface area contributed by atoms with Crippen molar-refractivity contribution in [3.8, 4) is 0 Å². The molecule has 2 saturated heterocycles. The van der Waals surface area contributed by atoms with Crippen LogP contribution in [0.5, 0.6) is 0 Å². The molecule has 0 bridgehead atoms. The highest BCUT2D eigenvalue weighted by Gasteiger charge is 2.54. The molecule has 0 saturated carbocycles. The number of rotatable bonds is 2. The van der Waals surface area contributed by atoms with Gasteiger partial charge in [-0.05, 0) is 36.6 Å². The zero-order chi connectivity index (χ0) is 20.3. The number of carbonyl (C=O) groups excluding carboxylic acids is 4. The monoisotopic (exact) mass is 405 g/mol. The molecule has 4 rings (SSSR count). The number of amides is 3. The molecule has 9 heteroatoms. The summed E-state index contributed by atoms with van der Waals surface area (Å²) in [6.07, 6.45) is 0.362. The Morgan fingerprint density at radius 1 is 1.18 bits per heavy atom. The van der Waals surface area contributed by atoms with Gasteiger partial charge in [-0.3, -0.25) is 29.0 Å². The summed E-state index contributed by atoms with van der Waals surface area (Å²) in [5.74, 6) is -3.87. The Morgan fingerprint density at radius 2 is 1.89 bits per heavy atom. The van der Waals surface area contributed by atoms with Crippen LogP contribution >= 0.6 is 11.6 Å². The third-order valence-electron chi connectivity index (χ3n) is 5.52. The first-order chi connectivity index (χ1) is 13.2. The third-order valence-corrected chi connectivity index (χ3v) is 5.81. The number of Topliss-reactive ketones (excluding diaryl/α,β-unsaturated/α-hetero) is 1. The van der Waals surface area contributed by atoms with E-state index in [2.05, 4.69) is 0 Å². The molecule has 2 fully saturated rings. The van der Waals surface area contributed by atoms with Gasteiger partial charge in [0, 0.05) is 20.1 Å². The molecule has 28 heavy (non-hydrogen) atoms. The molecule has 0 spiro atoms. The zero-order valence-corrected chi connectivity index (χ0v) is 16.0. The second-order valence-electron chi connectivity index (χ2n) is 7.15. The molecule has 0 aromatic heterocycles. The van der Waals surface area contributed by atoms with Crippen LogP contribution in [-0.4, -0.2) is 57.8 Å². The molecule has 0 radical (unpaired) electrons. The Balaban J connectivity index is 1.68. The topological polar surface area (TPSA) is 78.0 Å². The number of likely N-dealkylation sites (N-methyl/N-ethyl adjacent to an activating group) is 1. The average Bonchev–Trinajstić information content (AvgIpc) is 2.89. The van der Waals surface area contributed by atoms with E-state index in [1.807, 2.05) is 0 Å². The van der Waals surface area contributed by atoms with Crippen molar-refractivity contribution in [2.75, 3.05) is 13.6 Å². The van der Waals surface area contributed by atoms with E-state index in [4.69, 9.17) is 11.6 Å². The zero-order valence-electron chi connectivity index (χ0n) is 15.2. The van der Waals surface area contributed by atoms with Crippen molar-refractivity contribution in [3.05, 3.63) is 46.0 Å². The number of nitrogens with zero attached hydrogens (tertiary/aromatic N) is 3. The minimum absolute atomic E-state index is 0.0515. The fraction of sp³-hybridized carbons (Fsp3) is 0.368. The van der Waals surface area contributed by atoms with Gasteiger partial charge in [0.15, 0.2) is 0 Å². The van der Waals surface area contributed by atoms with Gasteiger partial charge in [-0.2, -0.15) is 0 Å². The second-order valence-corrected chi connectivity index (χ2v) is 7.56. The van der Waals surface area contributed by atoms with Crippen LogP contribution in [-0.2, 0) is 25.7 Å². The lowest BCUT2D eigenvalue weighted by molar-refractivity contribution is -0.153. The van der Waals surface area contributed by atoms with Crippen LogP contribution in [0.3, 0.4) is 0 Å². The summed E-state index contributed by atoms with van der Waals surface area (Å²) in [4.78, 5) is 54.6. The largest absolute Gasteiger partial charge is 0.337 e. The standard InChI is InChI=1S/C19H17ClFN3O4/c1-9-17(26)22(2)16-11-5-6-23(8-10-3-4-13(21)12(20)7-10)18(27)14(11)15(25)19(28)24(9)16/h3-4,7,9,14H,5-6,8H2,1-2H3. The molecular formula is C19H17ClFN3O4. The Hall–Kier alpha value is -2.74. The molecule has 1 aromatic rings. The number of benzene rings is 1. The summed E-state index contributed by atoms with van der Waals surface area (Å²) < 4.78 is 13.4. The van der Waals surface area contributed by atoms with Gasteiger partial charge in [0.25, 0.3) is 11.8 Å². The van der Waals surface area contributed by atoms with E-state index in [-0.39, 0.29) is 17.5 Å². The van der Waals surface area contributed by atoms with Gasteiger partial charge < -0.3 is 4.90 Å². The number of carbonyl (C=O) groups is 4. The van der Waals surface area contributed by atoms with E-state index < -0.39 is 35.4 Å². The first-order valence-corrected chi connectivity index (χ1v) is 9.21. The van der Waals surface area contributed by atoms with E-state index in [1.54, 1.807) is 14.0 Å². The smallest absolute Gasteiger partial charge is 0.297 e. The quantitative estimate of drug-likeness (QED) is 0.549. The van der Waals surface area contributed by atoms with Gasteiger partial charge in [-0.1, -0.05) is 17.7 Å². The Morgan fingerprint density at radius 3 is 2.57 bits per heavy atom. The molecule has 3 aliphatic heterocycles. The average molecular weight is 406 g/mol. The van der Waals surface area contributed by atoms with Crippen molar-refractivity contribution in [2.45, 2.75) is 25.9 Å². The van der Waals surface area contributed by atoms with Gasteiger partial charge >= 0.3 is 0 Å². The van der Waals surface area contributed by atoms with Gasteiger partial charge in [0.1, 0.15) is 23.6 Å². The molecule has 3 aliphatic rings. The number of ketones is 1. The highest BCUT2D eigenvalue weighted by molar-refractivity contribution is 6.43. The van der Waals surface area contributed by atoms with E-state index in [0.717, 1.165) is 0 Å². The van der Waals surface area contributed by atoms with E-state index in [0.29, 0.717) is 29.9 Å². The first-order valence-electron chi connectivity index (χ1n) is 8.83. The number of piperidine rings is 1. The first kappa shape index (κ1) is 18.6. The van der Waals surface area contributed by atoms with Gasteiger partial charge in [0.05, 0.1) is 5.02 Å². The minimum atomic E-state index is -1.22. The molecule has 146 valence electrons. The van der Waals surface area contributed by atoms with Crippen LogP contribution in [0.4, 0.5) is 4.39 Å². The number of likely N-dealkylation sites (tertiary alicyclic amines) is 1. The Bertz CT molecular complexity index is 976. The van der Waals surface area contributed by atoms with Crippen molar-refractivity contribution < 1.29 is 23.6 Å². The van der Waals surface area contributed by atoms with Crippen LogP contribution in [0.2, 0.25) is 5.02 Å². The SMILES string of the molecule is CC1C(=O)N(C)C2=C3CCN(Cc4ccc(F)c(Cl)c4)C(=O)C3C(=O)C(=O)N21. The predicted molar refractivity (Wildman–Crippen MR) is 96.0 cm³/mol. The molecule has 2 unspecified atom stereocenters. The maximum absolute atomic E-state index is 13.4. The summed E-state index contributed by atoms with van der Waals surface area (Å²) >= 11 is 5.80. The molecule has 1 aromatic carbocycles. The molecule has 2 atom stereocenters. The molecule has 3 amide bonds. The lowest BCUT2D eigenvalue weighted by atomic mass is 9.83. The molecular weight excluding hydrogens is 389 g/mol. The molecule has 0 aliphatic carbocycles. The van der Waals surface area contributed by atoms with E-state index >= 15 is 0 Å². The van der Waals surface area contributed by atoms with Crippen molar-refractivity contribution >= 4 is 35.1 Å². The second kappa shape index (κ2) is 6.41. The lowest BCUT2D eigenvalue weighted by Crippen LogP contribution is -2.54. The van der Waals surface area contributed by atoms with Crippen molar-refractivity contribution in [1.29, 1.82) is 0 Å². The number of hydrogen-bond donors (Lipinski definition) is 0. The fourth-order valence-corrected chi connectivity index (χ4v) is 4.30. The van der Waals surface area contributed by atoms with Crippen LogP contribution in [0, 0.1) is 11.7 Å². The Kier molecular flexibility index (Phi) is 4.26. The van der Waals surface area contributed by atoms with Gasteiger partial charge in [-0.25, -0.2) is 4.39 Å². The van der Waals surface area contributed by atoms with Gasteiger partial charge in [-0.15, -0.1) is 0 Å². The van der Waals surface area contributed by atoms with Crippen LogP contribution < -0.4 is 0 Å². The Labute approximate surface area is 165 Å². The van der Waals surface area contributed by atoms with Crippen molar-refractivity contribution in [1.82, 2.24) is 14.7 Å². The summed E-state index contributed by atoms with van der Waals surface area (Å²) in [5.41, 5.74) is 1.12. The summed E-state index contributed by atoms with van der Waals surface area (Å²) in [6.45, 7) is 2.02. The predicted octanol–water partition coefficient (Wildman–Crippen LogP) is 1.31. The van der Waals surface area contributed by atoms with Crippen molar-refractivity contribution in [3.63, 3.8) is 0 Å². The van der Waals surface area contributed by atoms with Crippen LogP contribution in [0.25, 0.3) is 0 Å². The number of fused-ring (bicyclic) bond motifs is 2. The molecule has 7 nitrogen and oxygen atoms in total.